The summed E-state index contributed by atoms with van der Waals surface area (Å²) in [6.07, 6.45) is 3.86. The fourth-order valence-electron chi connectivity index (χ4n) is 2.33. The van der Waals surface area contributed by atoms with Crippen molar-refractivity contribution in [2.24, 2.45) is 0 Å². The van der Waals surface area contributed by atoms with Crippen molar-refractivity contribution >= 4 is 11.6 Å². The lowest BCUT2D eigenvalue weighted by atomic mass is 10.1. The second-order valence-corrected chi connectivity index (χ2v) is 5.10. The zero-order chi connectivity index (χ0) is 13.7. The molecule has 1 aliphatic heterocycles. The van der Waals surface area contributed by atoms with E-state index >= 15 is 0 Å². The van der Waals surface area contributed by atoms with Gasteiger partial charge in [-0.25, -0.2) is 5.01 Å². The van der Waals surface area contributed by atoms with Crippen molar-refractivity contribution in [1.82, 2.24) is 10.4 Å². The summed E-state index contributed by atoms with van der Waals surface area (Å²) in [4.78, 5) is 0. The van der Waals surface area contributed by atoms with Gasteiger partial charge < -0.3 is 9.47 Å². The molecule has 0 spiro atoms. The van der Waals surface area contributed by atoms with Gasteiger partial charge in [-0.1, -0.05) is 18.0 Å². The second-order valence-electron chi connectivity index (χ2n) is 4.70. The van der Waals surface area contributed by atoms with Gasteiger partial charge in [0.2, 0.25) is 0 Å². The van der Waals surface area contributed by atoms with Crippen molar-refractivity contribution in [2.75, 3.05) is 27.3 Å². The number of rotatable bonds is 5. The summed E-state index contributed by atoms with van der Waals surface area (Å²) in [7, 11) is 3.21. The minimum Gasteiger partial charge on any atom is -0.493 e. The van der Waals surface area contributed by atoms with Crippen LogP contribution in [0.15, 0.2) is 12.1 Å². The molecule has 0 bridgehead atoms. The molecule has 0 aliphatic carbocycles. The van der Waals surface area contributed by atoms with Crippen molar-refractivity contribution in [3.05, 3.63) is 22.7 Å². The number of ether oxygens (including phenoxy) is 2. The molecule has 5 heteroatoms. The lowest BCUT2D eigenvalue weighted by molar-refractivity contribution is 0.151. The summed E-state index contributed by atoms with van der Waals surface area (Å²) in [5.41, 5.74) is 4.52. The first-order valence-electron chi connectivity index (χ1n) is 6.63. The van der Waals surface area contributed by atoms with Crippen LogP contribution in [0.5, 0.6) is 11.5 Å². The van der Waals surface area contributed by atoms with Crippen LogP contribution in [-0.2, 0) is 6.54 Å². The number of hydrogen-bond acceptors (Lipinski definition) is 4. The fourth-order valence-corrected chi connectivity index (χ4v) is 2.64. The molecule has 1 N–H and O–H groups in total. The number of piperidine rings is 1. The smallest absolute Gasteiger partial charge is 0.179 e. The number of hydrogen-bond donors (Lipinski definition) is 1. The molecular formula is C14H21ClN2O2. The van der Waals surface area contributed by atoms with Crippen LogP contribution in [0.25, 0.3) is 0 Å². The maximum atomic E-state index is 6.19. The molecule has 1 aliphatic rings. The van der Waals surface area contributed by atoms with Crippen molar-refractivity contribution in [3.8, 4) is 11.5 Å². The monoisotopic (exact) mass is 284 g/mol. The Morgan fingerprint density at radius 2 is 1.89 bits per heavy atom. The molecule has 0 amide bonds. The molecule has 106 valence electrons. The Morgan fingerprint density at radius 3 is 2.53 bits per heavy atom. The maximum absolute atomic E-state index is 6.19. The van der Waals surface area contributed by atoms with E-state index in [1.807, 2.05) is 12.1 Å². The van der Waals surface area contributed by atoms with Crippen LogP contribution < -0.4 is 14.9 Å². The van der Waals surface area contributed by atoms with Crippen LogP contribution in [0, 0.1) is 0 Å². The zero-order valence-corrected chi connectivity index (χ0v) is 12.3. The largest absolute Gasteiger partial charge is 0.493 e. The third-order valence-corrected chi connectivity index (χ3v) is 3.64. The standard InChI is InChI=1S/C14H21ClN2O2/c1-18-13-9-11(8-12(15)14(13)19-2)10-16-17-6-4-3-5-7-17/h8-9,16H,3-7,10H2,1-2H3. The lowest BCUT2D eigenvalue weighted by Gasteiger charge is -2.27. The van der Waals surface area contributed by atoms with Crippen molar-refractivity contribution in [2.45, 2.75) is 25.8 Å². The van der Waals surface area contributed by atoms with E-state index < -0.39 is 0 Å². The Kier molecular flexibility index (Phi) is 5.31. The molecule has 19 heavy (non-hydrogen) atoms. The average Bonchev–Trinajstić information content (AvgIpc) is 2.45. The van der Waals surface area contributed by atoms with Crippen LogP contribution in [0.3, 0.4) is 0 Å². The van der Waals surface area contributed by atoms with E-state index in [1.165, 1.54) is 19.3 Å². The van der Waals surface area contributed by atoms with E-state index in [-0.39, 0.29) is 0 Å². The van der Waals surface area contributed by atoms with Gasteiger partial charge in [-0.2, -0.15) is 0 Å². The molecule has 4 nitrogen and oxygen atoms in total. The summed E-state index contributed by atoms with van der Waals surface area (Å²) < 4.78 is 10.5. The van der Waals surface area contributed by atoms with Gasteiger partial charge in [-0.3, -0.25) is 5.43 Å². The zero-order valence-electron chi connectivity index (χ0n) is 11.5. The molecule has 0 unspecified atom stereocenters. The molecule has 0 aromatic heterocycles. The fraction of sp³-hybridized carbons (Fsp3) is 0.571. The predicted octanol–water partition coefficient (Wildman–Crippen LogP) is 2.85. The number of methoxy groups -OCH3 is 2. The van der Waals surface area contributed by atoms with E-state index in [4.69, 9.17) is 21.1 Å². The highest BCUT2D eigenvalue weighted by Gasteiger charge is 2.13. The predicted molar refractivity (Wildman–Crippen MR) is 76.8 cm³/mol. The molecule has 1 heterocycles. The van der Waals surface area contributed by atoms with Crippen LogP contribution in [-0.4, -0.2) is 32.3 Å². The van der Waals surface area contributed by atoms with Crippen molar-refractivity contribution in [1.29, 1.82) is 0 Å². The molecule has 2 rings (SSSR count). The molecule has 1 saturated heterocycles. The summed E-state index contributed by atoms with van der Waals surface area (Å²) in [6, 6.07) is 3.88. The summed E-state index contributed by atoms with van der Waals surface area (Å²) in [5.74, 6) is 1.26. The number of benzene rings is 1. The van der Waals surface area contributed by atoms with Gasteiger partial charge in [-0.15, -0.1) is 0 Å². The van der Waals surface area contributed by atoms with Gasteiger partial charge in [-0.05, 0) is 30.5 Å². The Labute approximate surface area is 119 Å². The third-order valence-electron chi connectivity index (χ3n) is 3.36. The van der Waals surface area contributed by atoms with E-state index in [2.05, 4.69) is 10.4 Å². The first-order valence-corrected chi connectivity index (χ1v) is 7.01. The Bertz CT molecular complexity index is 420. The molecular weight excluding hydrogens is 264 g/mol. The van der Waals surface area contributed by atoms with Crippen LogP contribution in [0.1, 0.15) is 24.8 Å². The van der Waals surface area contributed by atoms with Crippen LogP contribution in [0.4, 0.5) is 0 Å². The quantitative estimate of drug-likeness (QED) is 0.901. The van der Waals surface area contributed by atoms with Gasteiger partial charge in [0, 0.05) is 19.6 Å². The number of halogens is 1. The van der Waals surface area contributed by atoms with E-state index in [9.17, 15) is 0 Å². The van der Waals surface area contributed by atoms with Crippen LogP contribution >= 0.6 is 11.6 Å². The van der Waals surface area contributed by atoms with Gasteiger partial charge in [0.25, 0.3) is 0 Å². The van der Waals surface area contributed by atoms with Crippen LogP contribution in [0.2, 0.25) is 5.02 Å². The third kappa shape index (κ3) is 3.75. The van der Waals surface area contributed by atoms with Gasteiger partial charge >= 0.3 is 0 Å². The van der Waals surface area contributed by atoms with Gasteiger partial charge in [0.1, 0.15) is 0 Å². The summed E-state index contributed by atoms with van der Waals surface area (Å²) in [5, 5.41) is 2.85. The molecule has 0 atom stereocenters. The van der Waals surface area contributed by atoms with Gasteiger partial charge in [0.15, 0.2) is 11.5 Å². The van der Waals surface area contributed by atoms with Gasteiger partial charge in [0.05, 0.1) is 19.2 Å². The summed E-state index contributed by atoms with van der Waals surface area (Å²) >= 11 is 6.19. The molecule has 1 aromatic rings. The Balaban J connectivity index is 2.01. The lowest BCUT2D eigenvalue weighted by Crippen LogP contribution is -2.41. The first-order chi connectivity index (χ1) is 9.24. The maximum Gasteiger partial charge on any atom is 0.179 e. The molecule has 0 saturated carbocycles. The minimum absolute atomic E-state index is 0.581. The first kappa shape index (κ1) is 14.4. The Hall–Kier alpha value is -0.970. The van der Waals surface area contributed by atoms with Crippen molar-refractivity contribution < 1.29 is 9.47 Å². The number of nitrogens with zero attached hydrogens (tertiary/aromatic N) is 1. The molecule has 0 radical (unpaired) electrons. The number of hydrazine groups is 1. The Morgan fingerprint density at radius 1 is 1.16 bits per heavy atom. The molecule has 1 fully saturated rings. The highest BCUT2D eigenvalue weighted by Crippen LogP contribution is 2.35. The SMILES string of the molecule is COc1cc(CNN2CCCCC2)cc(Cl)c1OC. The highest BCUT2D eigenvalue weighted by molar-refractivity contribution is 6.32. The average molecular weight is 285 g/mol. The van der Waals surface area contributed by atoms with Crippen molar-refractivity contribution in [3.63, 3.8) is 0 Å². The molecule has 1 aromatic carbocycles. The van der Waals surface area contributed by atoms with E-state index in [1.54, 1.807) is 14.2 Å². The summed E-state index contributed by atoms with van der Waals surface area (Å²) in [6.45, 7) is 2.97. The normalized spacial score (nSPS) is 16.4. The van der Waals surface area contributed by atoms with E-state index in [0.29, 0.717) is 16.5 Å². The highest BCUT2D eigenvalue weighted by atomic mass is 35.5. The second kappa shape index (κ2) is 6.98. The minimum atomic E-state index is 0.581. The van der Waals surface area contributed by atoms with E-state index in [0.717, 1.165) is 25.2 Å². The topological polar surface area (TPSA) is 33.7 Å². The number of nitrogens with one attached hydrogen (secondary N) is 1.